The lowest BCUT2D eigenvalue weighted by Gasteiger charge is -2.33. The zero-order chi connectivity index (χ0) is 19.0. The monoisotopic (exact) mass is 396 g/mol. The van der Waals surface area contributed by atoms with Gasteiger partial charge in [-0.05, 0) is 11.6 Å². The molecular formula is C17H18F2N4O3S. The average molecular weight is 396 g/mol. The first-order valence-corrected chi connectivity index (χ1v) is 10.2. The lowest BCUT2D eigenvalue weighted by Crippen LogP contribution is -2.40. The van der Waals surface area contributed by atoms with Crippen LogP contribution in [0.25, 0.3) is 0 Å². The van der Waals surface area contributed by atoms with E-state index in [1.54, 1.807) is 24.5 Å². The summed E-state index contributed by atoms with van der Waals surface area (Å²) < 4.78 is 60.4. The lowest BCUT2D eigenvalue weighted by molar-refractivity contribution is 0.122. The van der Waals surface area contributed by atoms with Gasteiger partial charge in [-0.25, -0.2) is 12.8 Å². The van der Waals surface area contributed by atoms with Gasteiger partial charge in [0.05, 0.1) is 19.0 Å². The van der Waals surface area contributed by atoms with Gasteiger partial charge < -0.3 is 14.5 Å². The van der Waals surface area contributed by atoms with Crippen LogP contribution in [0.2, 0.25) is 0 Å². The number of halogens is 2. The molecule has 2 aromatic rings. The Kier molecular flexibility index (Phi) is 4.68. The predicted octanol–water partition coefficient (Wildman–Crippen LogP) is 1.39. The maximum absolute atomic E-state index is 15.2. The molecule has 1 fully saturated rings. The Morgan fingerprint density at radius 1 is 1.19 bits per heavy atom. The molecule has 1 saturated heterocycles. The normalized spacial score (nSPS) is 19.0. The van der Waals surface area contributed by atoms with Gasteiger partial charge in [0.2, 0.25) is 5.95 Å². The third-order valence-electron chi connectivity index (χ3n) is 4.67. The Labute approximate surface area is 155 Å². The predicted molar refractivity (Wildman–Crippen MR) is 94.5 cm³/mol. The molecule has 0 atom stereocenters. The van der Waals surface area contributed by atoms with Gasteiger partial charge in [-0.2, -0.15) is 9.37 Å². The topological polar surface area (TPSA) is 75.6 Å². The molecule has 0 saturated carbocycles. The van der Waals surface area contributed by atoms with Crippen molar-refractivity contribution in [3.63, 3.8) is 0 Å². The third-order valence-corrected chi connectivity index (χ3v) is 6.39. The van der Waals surface area contributed by atoms with Crippen LogP contribution >= 0.6 is 0 Å². The first-order chi connectivity index (χ1) is 13.0. The number of ether oxygens (including phenoxy) is 1. The van der Waals surface area contributed by atoms with Crippen LogP contribution in [0, 0.1) is 11.8 Å². The molecule has 4 rings (SSSR count). The lowest BCUT2D eigenvalue weighted by atomic mass is 10.2. The molecule has 2 aromatic heterocycles. The number of hydrogen-bond donors (Lipinski definition) is 0. The molecular weight excluding hydrogens is 378 g/mol. The minimum atomic E-state index is -3.95. The van der Waals surface area contributed by atoms with Gasteiger partial charge in [0.15, 0.2) is 21.5 Å². The zero-order valence-electron chi connectivity index (χ0n) is 14.4. The van der Waals surface area contributed by atoms with E-state index in [1.165, 1.54) is 9.80 Å². The van der Waals surface area contributed by atoms with Crippen LogP contribution in [0.1, 0.15) is 5.56 Å². The Balaban J connectivity index is 1.80. The van der Waals surface area contributed by atoms with Crippen molar-refractivity contribution < 1.29 is 21.9 Å². The highest BCUT2D eigenvalue weighted by Gasteiger charge is 2.38. The van der Waals surface area contributed by atoms with E-state index >= 15 is 4.39 Å². The van der Waals surface area contributed by atoms with E-state index in [4.69, 9.17) is 4.74 Å². The van der Waals surface area contributed by atoms with E-state index < -0.39 is 26.5 Å². The Morgan fingerprint density at radius 2 is 1.96 bits per heavy atom. The van der Waals surface area contributed by atoms with Crippen molar-refractivity contribution in [2.75, 3.05) is 48.4 Å². The number of fused-ring (bicyclic) bond motifs is 1. The molecule has 0 unspecified atom stereocenters. The molecule has 2 aliphatic heterocycles. The SMILES string of the molecule is O=S1(=O)CCN(Cc2cccnc2)c2c(F)nc(N3CCOCC3)c(F)c21. The Morgan fingerprint density at radius 3 is 2.67 bits per heavy atom. The van der Waals surface area contributed by atoms with Crippen molar-refractivity contribution >= 4 is 21.3 Å². The van der Waals surface area contributed by atoms with Crippen molar-refractivity contribution in [1.82, 2.24) is 9.97 Å². The quantitative estimate of drug-likeness (QED) is 0.726. The molecule has 7 nitrogen and oxygen atoms in total. The number of hydrogen-bond acceptors (Lipinski definition) is 7. The van der Waals surface area contributed by atoms with Crippen LogP contribution in [0.15, 0.2) is 29.4 Å². The van der Waals surface area contributed by atoms with E-state index in [2.05, 4.69) is 9.97 Å². The number of morpholine rings is 1. The Hall–Kier alpha value is -2.33. The summed E-state index contributed by atoms with van der Waals surface area (Å²) in [6, 6.07) is 3.52. The highest BCUT2D eigenvalue weighted by atomic mass is 32.2. The summed E-state index contributed by atoms with van der Waals surface area (Å²) in [5.74, 6) is -2.55. The molecule has 0 radical (unpaired) electrons. The first kappa shape index (κ1) is 18.1. The molecule has 10 heteroatoms. The second-order valence-electron chi connectivity index (χ2n) is 6.42. The van der Waals surface area contributed by atoms with E-state index in [-0.39, 0.29) is 30.3 Å². The molecule has 0 amide bonds. The van der Waals surface area contributed by atoms with E-state index in [9.17, 15) is 12.8 Å². The average Bonchev–Trinajstić information content (AvgIpc) is 2.67. The van der Waals surface area contributed by atoms with Gasteiger partial charge >= 0.3 is 0 Å². The molecule has 27 heavy (non-hydrogen) atoms. The largest absolute Gasteiger partial charge is 0.378 e. The molecule has 144 valence electrons. The van der Waals surface area contributed by atoms with Crippen molar-refractivity contribution in [1.29, 1.82) is 0 Å². The van der Waals surface area contributed by atoms with Gasteiger partial charge in [-0.1, -0.05) is 6.07 Å². The van der Waals surface area contributed by atoms with Crippen molar-refractivity contribution in [2.45, 2.75) is 11.4 Å². The molecule has 0 aromatic carbocycles. The van der Waals surface area contributed by atoms with Gasteiger partial charge in [-0.3, -0.25) is 4.98 Å². The van der Waals surface area contributed by atoms with Crippen LogP contribution in [-0.2, 0) is 21.1 Å². The molecule has 2 aliphatic rings. The van der Waals surface area contributed by atoms with Crippen molar-refractivity contribution in [3.8, 4) is 0 Å². The molecule has 0 aliphatic carbocycles. The highest BCUT2D eigenvalue weighted by Crippen LogP contribution is 2.38. The van der Waals surface area contributed by atoms with Gasteiger partial charge in [0.25, 0.3) is 0 Å². The van der Waals surface area contributed by atoms with Gasteiger partial charge in [0.1, 0.15) is 10.6 Å². The second kappa shape index (κ2) is 7.01. The number of nitrogens with zero attached hydrogens (tertiary/aromatic N) is 4. The first-order valence-electron chi connectivity index (χ1n) is 8.55. The smallest absolute Gasteiger partial charge is 0.239 e. The number of anilines is 2. The summed E-state index contributed by atoms with van der Waals surface area (Å²) in [6.45, 7) is 1.60. The number of rotatable bonds is 3. The van der Waals surface area contributed by atoms with Crippen molar-refractivity contribution in [3.05, 3.63) is 41.9 Å². The summed E-state index contributed by atoms with van der Waals surface area (Å²) in [6.07, 6.45) is 3.21. The maximum Gasteiger partial charge on any atom is 0.239 e. The van der Waals surface area contributed by atoms with Crippen molar-refractivity contribution in [2.24, 2.45) is 0 Å². The standard InChI is InChI=1S/C17H18F2N4O3S/c18-13-15-14(16(19)21-17(13)22-4-7-26-8-5-22)23(6-9-27(15,24)25)11-12-2-1-3-20-10-12/h1-3,10H,4-9,11H2. The Bertz CT molecular complexity index is 950. The van der Waals surface area contributed by atoms with Crippen LogP contribution in [0.3, 0.4) is 0 Å². The molecule has 0 spiro atoms. The van der Waals surface area contributed by atoms with Gasteiger partial charge in [0, 0.05) is 38.6 Å². The second-order valence-corrected chi connectivity index (χ2v) is 8.47. The molecule has 0 bridgehead atoms. The van der Waals surface area contributed by atoms with Crippen LogP contribution in [0.5, 0.6) is 0 Å². The summed E-state index contributed by atoms with van der Waals surface area (Å²) in [5, 5.41) is 0. The van der Waals surface area contributed by atoms with Crippen LogP contribution in [-0.4, -0.2) is 57.0 Å². The molecule has 0 N–H and O–H groups in total. The highest BCUT2D eigenvalue weighted by molar-refractivity contribution is 7.91. The summed E-state index contributed by atoms with van der Waals surface area (Å²) in [7, 11) is -3.95. The maximum atomic E-state index is 15.2. The number of sulfone groups is 1. The summed E-state index contributed by atoms with van der Waals surface area (Å²) >= 11 is 0. The van der Waals surface area contributed by atoms with Crippen LogP contribution < -0.4 is 9.80 Å². The van der Waals surface area contributed by atoms with E-state index in [0.29, 0.717) is 26.3 Å². The fourth-order valence-electron chi connectivity index (χ4n) is 3.35. The fraction of sp³-hybridized carbons (Fsp3) is 0.412. The minimum absolute atomic E-state index is 0.0547. The van der Waals surface area contributed by atoms with E-state index in [1.807, 2.05) is 0 Å². The molecule has 4 heterocycles. The summed E-state index contributed by atoms with van der Waals surface area (Å²) in [5.41, 5.74) is 0.458. The number of aromatic nitrogens is 2. The zero-order valence-corrected chi connectivity index (χ0v) is 15.3. The fourth-order valence-corrected chi connectivity index (χ4v) is 4.89. The number of pyridine rings is 2. The third kappa shape index (κ3) is 3.34. The van der Waals surface area contributed by atoms with E-state index in [0.717, 1.165) is 5.56 Å². The van der Waals surface area contributed by atoms with Crippen LogP contribution in [0.4, 0.5) is 20.3 Å². The summed E-state index contributed by atoms with van der Waals surface area (Å²) in [4.78, 5) is 10.2. The van der Waals surface area contributed by atoms with Gasteiger partial charge in [-0.15, -0.1) is 0 Å². The minimum Gasteiger partial charge on any atom is -0.378 e.